The van der Waals surface area contributed by atoms with Crippen LogP contribution >= 0.6 is 0 Å². The van der Waals surface area contributed by atoms with E-state index in [-0.39, 0.29) is 42.4 Å². The third kappa shape index (κ3) is 17.5. The van der Waals surface area contributed by atoms with Crippen molar-refractivity contribution in [2.45, 2.75) is 186 Å². The predicted molar refractivity (Wildman–Crippen MR) is 316 cm³/mol. The molecule has 20 unspecified atom stereocenters. The van der Waals surface area contributed by atoms with E-state index in [0.717, 1.165) is 4.90 Å². The molecule has 2 aromatic rings. The summed E-state index contributed by atoms with van der Waals surface area (Å²) in [5, 5.41) is 153. The van der Waals surface area contributed by atoms with Crippen LogP contribution in [0.2, 0.25) is 0 Å². The van der Waals surface area contributed by atoms with Gasteiger partial charge >= 0.3 is 5.97 Å². The fourth-order valence-corrected chi connectivity index (χ4v) is 11.1. The molecule has 25 atom stereocenters. The molecule has 5 aliphatic rings. The second-order valence-corrected chi connectivity index (χ2v) is 23.6. The quantitative estimate of drug-likeness (QED) is 0.0266. The van der Waals surface area contributed by atoms with Crippen LogP contribution in [0.25, 0.3) is 0 Å². The van der Waals surface area contributed by atoms with Gasteiger partial charge in [-0.15, -0.1) is 0 Å². The average Bonchev–Trinajstić information content (AvgIpc) is 1.77. The Hall–Kier alpha value is -6.92. The molecule has 0 bridgehead atoms. The number of nitrogens with zero attached hydrogens (tertiary/aromatic N) is 3. The summed E-state index contributed by atoms with van der Waals surface area (Å²) >= 11 is 0. The van der Waals surface area contributed by atoms with Gasteiger partial charge in [-0.05, 0) is 29.2 Å². The summed E-state index contributed by atoms with van der Waals surface area (Å²) in [5.41, 5.74) is 19.5. The number of ether oxygens (including phenoxy) is 6. The van der Waals surface area contributed by atoms with Crippen LogP contribution in [0.3, 0.4) is 0 Å². The maximum Gasteiger partial charge on any atom is 0.306 e. The fraction of sp³-hybridized carbons (Fsp3) is 0.649. The number of carbonyl (C=O) groups is 6. The topological polar surface area (TPSA) is 587 Å². The fourth-order valence-electron chi connectivity index (χ4n) is 11.1. The van der Waals surface area contributed by atoms with E-state index in [1.54, 1.807) is 51.1 Å². The van der Waals surface area contributed by atoms with Crippen LogP contribution in [0.4, 0.5) is 0 Å². The largest absolute Gasteiger partial charge is 0.462 e. The van der Waals surface area contributed by atoms with E-state index in [9.17, 15) is 95.2 Å². The minimum Gasteiger partial charge on any atom is -0.462 e. The molecular weight excluding hydrogens is 1240 g/mol. The van der Waals surface area contributed by atoms with E-state index in [0.29, 0.717) is 5.56 Å². The number of benzene rings is 2. The van der Waals surface area contributed by atoms with E-state index < -0.39 is 227 Å². The molecule has 3 saturated heterocycles. The number of nitrogens with one attached hydrogen (secondary N) is 5. The minimum absolute atomic E-state index is 0.0521. The maximum atomic E-state index is 14.9. The van der Waals surface area contributed by atoms with E-state index in [2.05, 4.69) is 36.6 Å². The van der Waals surface area contributed by atoms with E-state index >= 15 is 0 Å². The highest BCUT2D eigenvalue weighted by molar-refractivity contribution is 5.96. The monoisotopic (exact) mass is 1320 g/mol. The smallest absolute Gasteiger partial charge is 0.306 e. The molecule has 36 nitrogen and oxygen atoms in total. The summed E-state index contributed by atoms with van der Waals surface area (Å²) in [4.78, 5) is 91.5. The highest BCUT2D eigenvalue weighted by Gasteiger charge is 2.54. The Kier molecular flexibility index (Phi) is 26.0. The second-order valence-electron chi connectivity index (χ2n) is 23.6. The summed E-state index contributed by atoms with van der Waals surface area (Å²) in [6, 6.07) is 2.07. The Morgan fingerprint density at radius 3 is 1.87 bits per heavy atom. The second kappa shape index (κ2) is 33.0. The Labute approximate surface area is 531 Å². The van der Waals surface area contributed by atoms with Gasteiger partial charge in [0.1, 0.15) is 116 Å². The zero-order valence-electron chi connectivity index (χ0n) is 50.7. The maximum absolute atomic E-state index is 14.9. The standard InChI is InChI=1S/C57H85N11O25/c1-22(2)13-34(74)92-47-32(20-72)91-55(46(83)42(47)79)93-48-33(21-73)90-54(45(82)43(48)80)88-27-11-9-24(10-12-27)14-28(64-50(85)35(58)23(3)25-7-5-4-6-8-25)49(84)66-36(38(75)29-15-61-56(59)65-29)52(87)67-37(51(86)63-26(17-69)18-70)39(76)30-16-62-57(60)68(30)53-44(81)41(78)40(77)31(19-71)89-53/h4-12,17,22-23,26,28-33,35-48,53-55,70-73,75-83H,13-16,18-21,58H2,1-3H3,(H2,60,62)(H,63,86)(H,64,85)(H,66,84)(H,67,87)(H3,59,61,65)/t23?,26-,28+,29?,30?,31?,32?,33?,35+,36+,37+,38?,39?,40?,41?,42?,43?,44?,45?,46?,47?,48?,53?,54?,55?/m1/s1. The van der Waals surface area contributed by atoms with Crippen molar-refractivity contribution in [3.63, 3.8) is 0 Å². The Morgan fingerprint density at radius 1 is 0.677 bits per heavy atom. The lowest BCUT2D eigenvalue weighted by Crippen LogP contribution is -2.70. The van der Waals surface area contributed by atoms with Gasteiger partial charge in [0.05, 0.1) is 57.6 Å². The summed E-state index contributed by atoms with van der Waals surface area (Å²) in [6.07, 6.45) is -31.2. The van der Waals surface area contributed by atoms with E-state index in [1.807, 2.05) is 0 Å². The first kappa shape index (κ1) is 73.5. The van der Waals surface area contributed by atoms with Crippen molar-refractivity contribution in [3.8, 4) is 5.75 Å². The molecule has 5 heterocycles. The lowest BCUT2D eigenvalue weighted by atomic mass is 9.93. The van der Waals surface area contributed by atoms with Gasteiger partial charge < -0.3 is 148 Å². The van der Waals surface area contributed by atoms with Crippen LogP contribution in [0, 0.1) is 5.92 Å². The zero-order valence-corrected chi connectivity index (χ0v) is 50.7. The Bertz CT molecular complexity index is 2890. The lowest BCUT2D eigenvalue weighted by Gasteiger charge is -2.46. The normalized spacial score (nSPS) is 32.2. The number of nitrogens with two attached hydrogens (primary N) is 3. The van der Waals surface area contributed by atoms with Crippen LogP contribution in [0.1, 0.15) is 44.2 Å². The summed E-state index contributed by atoms with van der Waals surface area (Å²) < 4.78 is 34.0. The molecule has 7 rings (SSSR count). The molecule has 0 radical (unpaired) electrons. The van der Waals surface area contributed by atoms with Crippen molar-refractivity contribution < 1.29 is 124 Å². The molecule has 518 valence electrons. The van der Waals surface area contributed by atoms with E-state index in [4.69, 9.17) is 45.6 Å². The number of esters is 1. The number of hydrogen-bond acceptors (Lipinski definition) is 32. The van der Waals surface area contributed by atoms with Crippen molar-refractivity contribution in [1.29, 1.82) is 0 Å². The zero-order chi connectivity index (χ0) is 68.3. The van der Waals surface area contributed by atoms with Crippen molar-refractivity contribution >= 4 is 47.8 Å². The highest BCUT2D eigenvalue weighted by Crippen LogP contribution is 2.33. The predicted octanol–water partition coefficient (Wildman–Crippen LogP) is -11.1. The van der Waals surface area contributed by atoms with Gasteiger partial charge in [-0.1, -0.05) is 63.2 Å². The third-order valence-corrected chi connectivity index (χ3v) is 16.5. The van der Waals surface area contributed by atoms with Crippen molar-refractivity contribution in [1.82, 2.24) is 31.5 Å². The molecule has 0 aliphatic carbocycles. The van der Waals surface area contributed by atoms with Crippen molar-refractivity contribution in [2.24, 2.45) is 33.1 Å². The number of amides is 4. The van der Waals surface area contributed by atoms with Crippen LogP contribution < -0.4 is 48.5 Å². The number of aliphatic hydroxyl groups excluding tert-OH is 13. The average molecular weight is 1320 g/mol. The van der Waals surface area contributed by atoms with Gasteiger partial charge in [0, 0.05) is 18.8 Å². The van der Waals surface area contributed by atoms with Gasteiger partial charge in [0.15, 0.2) is 30.5 Å². The van der Waals surface area contributed by atoms with E-state index in [1.165, 1.54) is 24.3 Å². The summed E-state index contributed by atoms with van der Waals surface area (Å²) in [5.74, 6) is -7.10. The van der Waals surface area contributed by atoms with Crippen molar-refractivity contribution in [3.05, 3.63) is 65.7 Å². The number of carbonyl (C=O) groups excluding carboxylic acids is 6. The Morgan fingerprint density at radius 2 is 1.27 bits per heavy atom. The number of aliphatic imine (C=N–C) groups is 2. The van der Waals surface area contributed by atoms with Crippen LogP contribution in [0.15, 0.2) is 64.6 Å². The number of aldehydes is 1. The lowest BCUT2D eigenvalue weighted by molar-refractivity contribution is -0.353. The van der Waals surface area contributed by atoms with Crippen molar-refractivity contribution in [2.75, 3.05) is 39.5 Å². The number of aliphatic hydroxyl groups is 13. The Balaban J connectivity index is 1.13. The summed E-state index contributed by atoms with van der Waals surface area (Å²) in [6.45, 7) is 0.754. The summed E-state index contributed by atoms with van der Waals surface area (Å²) in [7, 11) is 0. The van der Waals surface area contributed by atoms with Gasteiger partial charge in [-0.25, -0.2) is 0 Å². The van der Waals surface area contributed by atoms with Gasteiger partial charge in [-0.3, -0.25) is 34.0 Å². The minimum atomic E-state index is -2.26. The SMILES string of the molecule is CC(C)CC(=O)OC1C(CO)OC(OC2C(CO)OC(Oc3ccc(C[C@H](NC(=O)[C@@H](N)C(C)c4ccccc4)C(=O)N[C@H](C(=O)N[C@H](C(=O)N[C@H](C=O)CO)C(O)C4CN=C(N)N4C4OC(CO)C(O)C(O)C4O)C(O)C4CN=C(N)N4)cc3)C(O)C2O)C(O)C1O. The number of guanidine groups is 2. The molecule has 3 fully saturated rings. The van der Waals surface area contributed by atoms with Gasteiger partial charge in [0.2, 0.25) is 29.9 Å². The first-order valence-corrected chi connectivity index (χ1v) is 29.9. The molecule has 93 heavy (non-hydrogen) atoms. The number of rotatable bonds is 29. The van der Waals surface area contributed by atoms with Crippen LogP contribution in [-0.2, 0) is 58.9 Å². The molecule has 24 N–H and O–H groups in total. The first-order chi connectivity index (χ1) is 44.2. The molecule has 5 aliphatic heterocycles. The molecule has 0 saturated carbocycles. The molecule has 0 aromatic heterocycles. The van der Waals surface area contributed by atoms with Gasteiger partial charge in [-0.2, -0.15) is 0 Å². The molecule has 36 heteroatoms. The molecule has 4 amide bonds. The number of hydrogen-bond donors (Lipinski definition) is 21. The van der Waals surface area contributed by atoms with Gasteiger partial charge in [0.25, 0.3) is 0 Å². The van der Waals surface area contributed by atoms with Crippen LogP contribution in [-0.4, -0.2) is 305 Å². The first-order valence-electron chi connectivity index (χ1n) is 29.9. The van der Waals surface area contributed by atoms with Crippen LogP contribution in [0.5, 0.6) is 5.75 Å². The highest BCUT2D eigenvalue weighted by atomic mass is 16.7. The third-order valence-electron chi connectivity index (χ3n) is 16.5. The molecule has 2 aromatic carbocycles. The molecular formula is C57H85N11O25. The molecule has 0 spiro atoms.